The largest absolute Gasteiger partial charge is 0.274 e. The standard InChI is InChI=1S/C17H16N4O/c1-11-7-9-13(10-8-11)16-14-5-3-4-6-15(14)18-17(19-16)21-20-12(2)22/h3-10H,1-2H3,(H,20,22)(H,18,19,21). The van der Waals surface area contributed by atoms with E-state index < -0.39 is 0 Å². The fraction of sp³-hybridized carbons (Fsp3) is 0.118. The molecule has 0 radical (unpaired) electrons. The number of benzene rings is 2. The third kappa shape index (κ3) is 2.88. The van der Waals surface area contributed by atoms with Gasteiger partial charge in [0.25, 0.3) is 0 Å². The highest BCUT2D eigenvalue weighted by molar-refractivity contribution is 5.93. The van der Waals surface area contributed by atoms with Gasteiger partial charge in [-0.15, -0.1) is 0 Å². The number of aryl methyl sites for hydroxylation is 1. The van der Waals surface area contributed by atoms with Crippen molar-refractivity contribution in [3.63, 3.8) is 0 Å². The van der Waals surface area contributed by atoms with Crippen molar-refractivity contribution in [1.82, 2.24) is 15.4 Å². The van der Waals surface area contributed by atoms with Crippen molar-refractivity contribution >= 4 is 22.8 Å². The predicted octanol–water partition coefficient (Wildman–Crippen LogP) is 3.07. The number of fused-ring (bicyclic) bond motifs is 1. The average Bonchev–Trinajstić information content (AvgIpc) is 2.53. The molecule has 0 bridgehead atoms. The van der Waals surface area contributed by atoms with Crippen molar-refractivity contribution in [2.45, 2.75) is 13.8 Å². The van der Waals surface area contributed by atoms with Crippen LogP contribution in [0.3, 0.4) is 0 Å². The molecule has 0 saturated heterocycles. The van der Waals surface area contributed by atoms with Gasteiger partial charge >= 0.3 is 0 Å². The molecule has 110 valence electrons. The third-order valence-electron chi connectivity index (χ3n) is 3.28. The molecule has 1 heterocycles. The lowest BCUT2D eigenvalue weighted by atomic mass is 10.1. The van der Waals surface area contributed by atoms with Crippen LogP contribution in [0, 0.1) is 6.92 Å². The number of aromatic nitrogens is 2. The second-order valence-corrected chi connectivity index (χ2v) is 5.09. The molecule has 5 heteroatoms. The van der Waals surface area contributed by atoms with E-state index in [0.717, 1.165) is 22.2 Å². The fourth-order valence-corrected chi connectivity index (χ4v) is 2.21. The van der Waals surface area contributed by atoms with Crippen molar-refractivity contribution in [1.29, 1.82) is 0 Å². The molecule has 2 aromatic carbocycles. The zero-order chi connectivity index (χ0) is 15.5. The summed E-state index contributed by atoms with van der Waals surface area (Å²) in [7, 11) is 0. The first-order valence-corrected chi connectivity index (χ1v) is 7.00. The van der Waals surface area contributed by atoms with Crippen LogP contribution >= 0.6 is 0 Å². The number of hydrogen-bond acceptors (Lipinski definition) is 4. The Balaban J connectivity index is 2.13. The minimum atomic E-state index is -0.200. The summed E-state index contributed by atoms with van der Waals surface area (Å²) in [5.74, 6) is 0.165. The Bertz CT molecular complexity index is 828. The van der Waals surface area contributed by atoms with Crippen LogP contribution in [0.25, 0.3) is 22.2 Å². The molecule has 3 rings (SSSR count). The minimum Gasteiger partial charge on any atom is -0.274 e. The van der Waals surface area contributed by atoms with Crippen molar-refractivity contribution in [2.24, 2.45) is 0 Å². The molecule has 0 saturated carbocycles. The van der Waals surface area contributed by atoms with Gasteiger partial charge in [-0.25, -0.2) is 9.97 Å². The van der Waals surface area contributed by atoms with Crippen LogP contribution in [0.15, 0.2) is 48.5 Å². The van der Waals surface area contributed by atoms with Crippen molar-refractivity contribution in [3.8, 4) is 11.3 Å². The van der Waals surface area contributed by atoms with E-state index in [2.05, 4.69) is 20.8 Å². The van der Waals surface area contributed by atoms with Crippen LogP contribution in [0.2, 0.25) is 0 Å². The molecule has 2 N–H and O–H groups in total. The summed E-state index contributed by atoms with van der Waals surface area (Å²) in [5, 5.41) is 0.972. The number of nitrogens with one attached hydrogen (secondary N) is 2. The molecule has 0 aliphatic rings. The SMILES string of the molecule is CC(=O)NNc1nc(-c2ccc(C)cc2)c2ccccc2n1. The third-order valence-corrected chi connectivity index (χ3v) is 3.28. The molecule has 0 atom stereocenters. The van der Waals surface area contributed by atoms with E-state index in [1.807, 2.05) is 55.5 Å². The number of rotatable bonds is 3. The van der Waals surface area contributed by atoms with Gasteiger partial charge in [0.2, 0.25) is 11.9 Å². The molecule has 3 aromatic rings. The van der Waals surface area contributed by atoms with Crippen molar-refractivity contribution in [3.05, 3.63) is 54.1 Å². The Morgan fingerprint density at radius 1 is 1.00 bits per heavy atom. The quantitative estimate of drug-likeness (QED) is 0.728. The summed E-state index contributed by atoms with van der Waals surface area (Å²) in [6.07, 6.45) is 0. The van der Waals surface area contributed by atoms with Gasteiger partial charge in [0, 0.05) is 17.9 Å². The van der Waals surface area contributed by atoms with Gasteiger partial charge in [-0.3, -0.25) is 15.6 Å². The van der Waals surface area contributed by atoms with Gasteiger partial charge in [-0.05, 0) is 13.0 Å². The Morgan fingerprint density at radius 2 is 1.73 bits per heavy atom. The monoisotopic (exact) mass is 292 g/mol. The number of anilines is 1. The Hall–Kier alpha value is -2.95. The molecule has 0 aliphatic carbocycles. The summed E-state index contributed by atoms with van der Waals surface area (Å²) in [6, 6.07) is 16.0. The van der Waals surface area contributed by atoms with Gasteiger partial charge in [-0.1, -0.05) is 48.0 Å². The zero-order valence-corrected chi connectivity index (χ0v) is 12.4. The number of nitrogens with zero attached hydrogens (tertiary/aromatic N) is 2. The molecule has 22 heavy (non-hydrogen) atoms. The van der Waals surface area contributed by atoms with Gasteiger partial charge in [0.05, 0.1) is 11.2 Å². The van der Waals surface area contributed by atoms with Gasteiger partial charge < -0.3 is 0 Å². The normalized spacial score (nSPS) is 10.5. The van der Waals surface area contributed by atoms with Crippen LogP contribution in [-0.4, -0.2) is 15.9 Å². The molecule has 0 spiro atoms. The molecule has 0 unspecified atom stereocenters. The molecular weight excluding hydrogens is 276 g/mol. The number of carbonyl (C=O) groups is 1. The fourth-order valence-electron chi connectivity index (χ4n) is 2.21. The Labute approximate surface area is 128 Å². The second kappa shape index (κ2) is 5.81. The maximum absolute atomic E-state index is 11.0. The van der Waals surface area contributed by atoms with Gasteiger partial charge in [0.1, 0.15) is 0 Å². The highest BCUT2D eigenvalue weighted by Crippen LogP contribution is 2.27. The van der Waals surface area contributed by atoms with E-state index in [1.54, 1.807) is 0 Å². The van der Waals surface area contributed by atoms with E-state index in [-0.39, 0.29) is 5.91 Å². The molecule has 1 aromatic heterocycles. The van der Waals surface area contributed by atoms with Crippen LogP contribution < -0.4 is 10.9 Å². The van der Waals surface area contributed by atoms with E-state index in [1.165, 1.54) is 12.5 Å². The highest BCUT2D eigenvalue weighted by Gasteiger charge is 2.09. The number of carbonyl (C=O) groups excluding carboxylic acids is 1. The Kier molecular flexibility index (Phi) is 3.70. The highest BCUT2D eigenvalue weighted by atomic mass is 16.2. The molecule has 5 nitrogen and oxygen atoms in total. The molecule has 1 amide bonds. The summed E-state index contributed by atoms with van der Waals surface area (Å²) < 4.78 is 0. The average molecular weight is 292 g/mol. The van der Waals surface area contributed by atoms with Gasteiger partial charge in [0.15, 0.2) is 0 Å². The maximum atomic E-state index is 11.0. The first-order valence-electron chi connectivity index (χ1n) is 7.00. The lowest BCUT2D eigenvalue weighted by Crippen LogP contribution is -2.27. The smallest absolute Gasteiger partial charge is 0.242 e. The number of hydrogen-bond donors (Lipinski definition) is 2. The van der Waals surface area contributed by atoms with E-state index in [4.69, 9.17) is 0 Å². The molecule has 0 fully saturated rings. The second-order valence-electron chi connectivity index (χ2n) is 5.09. The summed E-state index contributed by atoms with van der Waals surface area (Å²) in [6.45, 7) is 3.47. The summed E-state index contributed by atoms with van der Waals surface area (Å²) in [5.41, 5.74) is 9.09. The molecule has 0 aliphatic heterocycles. The lowest BCUT2D eigenvalue weighted by Gasteiger charge is -2.10. The summed E-state index contributed by atoms with van der Waals surface area (Å²) >= 11 is 0. The first kappa shape index (κ1) is 14.0. The van der Waals surface area contributed by atoms with Crippen LogP contribution in [0.4, 0.5) is 5.95 Å². The van der Waals surface area contributed by atoms with Crippen LogP contribution in [0.5, 0.6) is 0 Å². The number of para-hydroxylation sites is 1. The maximum Gasteiger partial charge on any atom is 0.242 e. The summed E-state index contributed by atoms with van der Waals surface area (Å²) in [4.78, 5) is 20.0. The number of hydrazine groups is 1. The van der Waals surface area contributed by atoms with Gasteiger partial charge in [-0.2, -0.15) is 0 Å². The minimum absolute atomic E-state index is 0.200. The first-order chi connectivity index (χ1) is 10.6. The predicted molar refractivity (Wildman–Crippen MR) is 87.2 cm³/mol. The van der Waals surface area contributed by atoms with Crippen molar-refractivity contribution < 1.29 is 4.79 Å². The van der Waals surface area contributed by atoms with Crippen molar-refractivity contribution in [2.75, 3.05) is 5.43 Å². The lowest BCUT2D eigenvalue weighted by molar-refractivity contribution is -0.118. The topological polar surface area (TPSA) is 66.9 Å². The van der Waals surface area contributed by atoms with E-state index in [9.17, 15) is 4.79 Å². The number of amides is 1. The Morgan fingerprint density at radius 3 is 2.45 bits per heavy atom. The molecular formula is C17H16N4O. The van der Waals surface area contributed by atoms with E-state index >= 15 is 0 Å². The van der Waals surface area contributed by atoms with E-state index in [0.29, 0.717) is 5.95 Å². The van der Waals surface area contributed by atoms with Crippen LogP contribution in [0.1, 0.15) is 12.5 Å². The van der Waals surface area contributed by atoms with Crippen LogP contribution in [-0.2, 0) is 4.79 Å². The zero-order valence-electron chi connectivity index (χ0n) is 12.4.